The lowest BCUT2D eigenvalue weighted by molar-refractivity contribution is -0.945. The highest BCUT2D eigenvalue weighted by Crippen LogP contribution is 2.29. The molecule has 0 spiro atoms. The summed E-state index contributed by atoms with van der Waals surface area (Å²) < 4.78 is 17.4. The normalized spacial score (nSPS) is 16.1. The van der Waals surface area contributed by atoms with Crippen LogP contribution in [-0.2, 0) is 38.6 Å². The van der Waals surface area contributed by atoms with Crippen molar-refractivity contribution in [3.8, 4) is 0 Å². The molecule has 1 fully saturated rings. The molecule has 0 aromatic heterocycles. The van der Waals surface area contributed by atoms with Crippen molar-refractivity contribution >= 4 is 70.1 Å². The molecule has 0 N–H and O–H groups in total. The Morgan fingerprint density at radius 3 is 2.15 bits per heavy atom. The van der Waals surface area contributed by atoms with Crippen LogP contribution < -0.4 is 0 Å². The average molecular weight is 761 g/mol. The third-order valence-electron chi connectivity index (χ3n) is 8.74. The van der Waals surface area contributed by atoms with Crippen LogP contribution in [-0.4, -0.2) is 67.2 Å². The molecular formula is C36H43Cl5N2O5+2. The molecule has 1 aliphatic heterocycles. The summed E-state index contributed by atoms with van der Waals surface area (Å²) in [5.41, 5.74) is 3.13. The highest BCUT2D eigenvalue weighted by Gasteiger charge is 2.31. The minimum atomic E-state index is -1.08. The molecule has 2 unspecified atom stereocenters. The molecule has 4 rings (SSSR count). The Bertz CT molecular complexity index is 1530. The van der Waals surface area contributed by atoms with Crippen molar-refractivity contribution in [2.24, 2.45) is 0 Å². The van der Waals surface area contributed by atoms with Gasteiger partial charge in [0.05, 0.1) is 48.2 Å². The standard InChI is InChI=1S/C36H43Cl5N2O5/c1-26(47-35(44)7-6-18-43(16-4-3-5-17-43)25-29-11-14-31(38)22-33(29)40)48-36(45)46-20-19-42(2,23-27-8-12-30(37)13-9-27)24-28-10-15-32(39)34(41)21-28/h8-15,21-22,26H,3-7,16-20,23-25H2,1-2H3/q+2. The van der Waals surface area contributed by atoms with Gasteiger partial charge >= 0.3 is 12.1 Å². The number of hydrogen-bond acceptors (Lipinski definition) is 5. The number of rotatable bonds is 15. The SMILES string of the molecule is CC(OC(=O)CCC[N+]1(Cc2ccc(Cl)cc2Cl)CCCCC1)OC(=O)OCC[N+](C)(Cc1ccc(Cl)cc1)Cc1ccc(Cl)c(Cl)c1. The second-order valence-corrected chi connectivity index (χ2v) is 15.0. The van der Waals surface area contributed by atoms with Gasteiger partial charge in [0.2, 0.25) is 6.29 Å². The number of likely N-dealkylation sites (tertiary alicyclic amines) is 1. The van der Waals surface area contributed by atoms with E-state index >= 15 is 0 Å². The zero-order chi connectivity index (χ0) is 34.7. The van der Waals surface area contributed by atoms with Crippen LogP contribution >= 0.6 is 58.0 Å². The van der Waals surface area contributed by atoms with E-state index < -0.39 is 18.4 Å². The van der Waals surface area contributed by atoms with Crippen molar-refractivity contribution in [2.75, 3.05) is 39.8 Å². The average Bonchev–Trinajstić information content (AvgIpc) is 3.02. The molecule has 2 atom stereocenters. The van der Waals surface area contributed by atoms with E-state index in [1.165, 1.54) is 13.3 Å². The molecule has 0 bridgehead atoms. The first-order valence-corrected chi connectivity index (χ1v) is 18.1. The maximum atomic E-state index is 12.7. The number of likely N-dealkylation sites (N-methyl/N-ethyl adjacent to an activating group) is 1. The van der Waals surface area contributed by atoms with E-state index in [2.05, 4.69) is 7.05 Å². The number of ether oxygens (including phenoxy) is 3. The molecule has 0 radical (unpaired) electrons. The van der Waals surface area contributed by atoms with Gasteiger partial charge in [-0.2, -0.15) is 0 Å². The van der Waals surface area contributed by atoms with Gasteiger partial charge < -0.3 is 23.2 Å². The molecule has 48 heavy (non-hydrogen) atoms. The molecule has 260 valence electrons. The Kier molecular flexibility index (Phi) is 14.6. The third kappa shape index (κ3) is 12.3. The van der Waals surface area contributed by atoms with Crippen LogP contribution in [0, 0.1) is 0 Å². The van der Waals surface area contributed by atoms with Gasteiger partial charge in [0, 0.05) is 40.1 Å². The van der Waals surface area contributed by atoms with E-state index in [1.54, 1.807) is 12.1 Å². The van der Waals surface area contributed by atoms with Crippen molar-refractivity contribution in [1.29, 1.82) is 0 Å². The van der Waals surface area contributed by atoms with Crippen LogP contribution in [0.25, 0.3) is 0 Å². The number of piperidine rings is 1. The lowest BCUT2D eigenvalue weighted by atomic mass is 10.0. The van der Waals surface area contributed by atoms with Crippen LogP contribution in [0.15, 0.2) is 60.7 Å². The van der Waals surface area contributed by atoms with E-state index in [0.717, 1.165) is 60.2 Å². The van der Waals surface area contributed by atoms with Gasteiger partial charge in [0.15, 0.2) is 0 Å². The number of quaternary nitrogens is 2. The minimum Gasteiger partial charge on any atom is -0.428 e. The summed E-state index contributed by atoms with van der Waals surface area (Å²) >= 11 is 31.1. The fraction of sp³-hybridized carbons (Fsp3) is 0.444. The van der Waals surface area contributed by atoms with Crippen LogP contribution in [0.5, 0.6) is 0 Å². The van der Waals surface area contributed by atoms with Gasteiger partial charge in [0.1, 0.15) is 32.8 Å². The van der Waals surface area contributed by atoms with Gasteiger partial charge in [-0.3, -0.25) is 4.79 Å². The van der Waals surface area contributed by atoms with E-state index in [1.807, 2.05) is 48.5 Å². The Morgan fingerprint density at radius 2 is 1.46 bits per heavy atom. The van der Waals surface area contributed by atoms with Crippen molar-refractivity contribution < 1.29 is 32.8 Å². The number of halogens is 5. The molecule has 7 nitrogen and oxygen atoms in total. The maximum absolute atomic E-state index is 12.7. The number of nitrogens with zero attached hydrogens (tertiary/aromatic N) is 2. The third-order valence-corrected chi connectivity index (χ3v) is 10.3. The fourth-order valence-electron chi connectivity index (χ4n) is 6.32. The number of benzene rings is 3. The summed E-state index contributed by atoms with van der Waals surface area (Å²) in [6, 6.07) is 18.8. The summed E-state index contributed by atoms with van der Waals surface area (Å²) in [7, 11) is 2.07. The smallest absolute Gasteiger partial charge is 0.428 e. The van der Waals surface area contributed by atoms with Gasteiger partial charge in [0.25, 0.3) is 0 Å². The van der Waals surface area contributed by atoms with Gasteiger partial charge in [-0.1, -0.05) is 82.3 Å². The first-order chi connectivity index (χ1) is 22.8. The van der Waals surface area contributed by atoms with Crippen molar-refractivity contribution in [2.45, 2.75) is 65.0 Å². The topological polar surface area (TPSA) is 61.8 Å². The van der Waals surface area contributed by atoms with Crippen LogP contribution in [0.2, 0.25) is 25.1 Å². The van der Waals surface area contributed by atoms with E-state index in [0.29, 0.717) is 55.7 Å². The Hall–Kier alpha value is -2.23. The van der Waals surface area contributed by atoms with Gasteiger partial charge in [-0.15, -0.1) is 0 Å². The molecule has 0 aliphatic carbocycles. The van der Waals surface area contributed by atoms with Crippen molar-refractivity contribution in [3.63, 3.8) is 0 Å². The van der Waals surface area contributed by atoms with Crippen molar-refractivity contribution in [1.82, 2.24) is 0 Å². The molecular weight excluding hydrogens is 718 g/mol. The van der Waals surface area contributed by atoms with E-state index in [4.69, 9.17) is 72.2 Å². The first-order valence-electron chi connectivity index (χ1n) is 16.2. The summed E-state index contributed by atoms with van der Waals surface area (Å²) in [4.78, 5) is 25.2. The Balaban J connectivity index is 1.24. The maximum Gasteiger partial charge on any atom is 0.511 e. The number of hydrogen-bond donors (Lipinski definition) is 0. The fourth-order valence-corrected chi connectivity index (χ4v) is 7.24. The van der Waals surface area contributed by atoms with Gasteiger partial charge in [-0.05, 0) is 55.7 Å². The Labute approximate surface area is 308 Å². The Morgan fingerprint density at radius 1 is 0.792 bits per heavy atom. The van der Waals surface area contributed by atoms with Crippen LogP contribution in [0.1, 0.15) is 55.7 Å². The number of esters is 1. The second-order valence-electron chi connectivity index (χ2n) is 12.9. The zero-order valence-electron chi connectivity index (χ0n) is 27.4. The molecule has 1 saturated heterocycles. The molecule has 1 heterocycles. The van der Waals surface area contributed by atoms with E-state index in [9.17, 15) is 9.59 Å². The minimum absolute atomic E-state index is 0.0859. The number of carbonyl (C=O) groups excluding carboxylic acids is 2. The second kappa shape index (κ2) is 18.1. The predicted octanol–water partition coefficient (Wildman–Crippen LogP) is 10.1. The summed E-state index contributed by atoms with van der Waals surface area (Å²) in [5, 5.41) is 2.90. The zero-order valence-corrected chi connectivity index (χ0v) is 31.1. The highest BCUT2D eigenvalue weighted by atomic mass is 35.5. The van der Waals surface area contributed by atoms with Crippen LogP contribution in [0.3, 0.4) is 0 Å². The lowest BCUT2D eigenvalue weighted by Crippen LogP contribution is -2.51. The van der Waals surface area contributed by atoms with Crippen LogP contribution in [0.4, 0.5) is 4.79 Å². The first kappa shape index (κ1) is 38.6. The highest BCUT2D eigenvalue weighted by molar-refractivity contribution is 6.42. The van der Waals surface area contributed by atoms with Crippen molar-refractivity contribution in [3.05, 3.63) is 102 Å². The molecule has 1 aliphatic rings. The van der Waals surface area contributed by atoms with Gasteiger partial charge in [-0.25, -0.2) is 4.79 Å². The summed E-state index contributed by atoms with van der Waals surface area (Å²) in [6.45, 7) is 7.01. The van der Waals surface area contributed by atoms with E-state index in [-0.39, 0.29) is 13.0 Å². The molecule has 3 aromatic rings. The molecule has 0 saturated carbocycles. The summed E-state index contributed by atoms with van der Waals surface area (Å²) in [6.07, 6.45) is 2.35. The predicted molar refractivity (Wildman–Crippen MR) is 192 cm³/mol. The quantitative estimate of drug-likeness (QED) is 0.0877. The molecule has 12 heteroatoms. The monoisotopic (exact) mass is 758 g/mol. The largest absolute Gasteiger partial charge is 0.511 e. The number of carbonyl (C=O) groups is 2. The lowest BCUT2D eigenvalue weighted by Gasteiger charge is -2.42. The molecule has 3 aromatic carbocycles. The molecule has 0 amide bonds. The summed E-state index contributed by atoms with van der Waals surface area (Å²) in [5.74, 6) is -0.427.